The predicted octanol–water partition coefficient (Wildman–Crippen LogP) is 3.19. The molecule has 1 aliphatic heterocycles. The van der Waals surface area contributed by atoms with Gasteiger partial charge in [0.2, 0.25) is 0 Å². The number of hydrogen-bond donors (Lipinski definition) is 1. The van der Waals surface area contributed by atoms with Gasteiger partial charge in [0.15, 0.2) is 0 Å². The van der Waals surface area contributed by atoms with Crippen molar-refractivity contribution in [3.63, 3.8) is 0 Å². The van der Waals surface area contributed by atoms with Gasteiger partial charge in [0.1, 0.15) is 18.0 Å². The second kappa shape index (κ2) is 7.11. The van der Waals surface area contributed by atoms with Crippen LogP contribution < -0.4 is 4.74 Å². The molecule has 1 saturated heterocycles. The van der Waals surface area contributed by atoms with E-state index in [1.165, 1.54) is 12.1 Å². The van der Waals surface area contributed by atoms with Gasteiger partial charge in [-0.15, -0.1) is 0 Å². The summed E-state index contributed by atoms with van der Waals surface area (Å²) >= 11 is 0. The second-order valence-electron chi connectivity index (χ2n) is 5.38. The first-order valence-corrected chi connectivity index (χ1v) is 7.40. The molecule has 1 fully saturated rings. The maximum Gasteiger partial charge on any atom is 0.335 e. The molecule has 0 aromatic heterocycles. The van der Waals surface area contributed by atoms with Crippen LogP contribution in [0.4, 0.5) is 0 Å². The highest BCUT2D eigenvalue weighted by atomic mass is 16.6. The van der Waals surface area contributed by atoms with Gasteiger partial charge in [0, 0.05) is 12.0 Å². The van der Waals surface area contributed by atoms with Crippen molar-refractivity contribution in [1.29, 1.82) is 0 Å². The molecule has 1 aliphatic rings. The molecule has 5 heteroatoms. The zero-order valence-corrected chi connectivity index (χ0v) is 12.6. The number of carbonyl (C=O) groups excluding carboxylic acids is 1. The summed E-state index contributed by atoms with van der Waals surface area (Å²) in [6, 6.07) is 6.23. The fourth-order valence-corrected chi connectivity index (χ4v) is 2.37. The van der Waals surface area contributed by atoms with Crippen molar-refractivity contribution in [2.24, 2.45) is 0 Å². The Balaban J connectivity index is 2.07. The fourth-order valence-electron chi connectivity index (χ4n) is 2.37. The molecular weight excluding hydrogens is 284 g/mol. The lowest BCUT2D eigenvalue weighted by Crippen LogP contribution is -2.31. The number of aromatic carboxylic acids is 1. The normalized spacial score (nSPS) is 18.9. The van der Waals surface area contributed by atoms with E-state index in [2.05, 4.69) is 13.5 Å². The largest absolute Gasteiger partial charge is 0.487 e. The Labute approximate surface area is 129 Å². The lowest BCUT2D eigenvalue weighted by Gasteiger charge is -2.23. The van der Waals surface area contributed by atoms with Gasteiger partial charge in [-0.1, -0.05) is 19.9 Å². The summed E-state index contributed by atoms with van der Waals surface area (Å²) in [5.74, 6) is -0.772. The van der Waals surface area contributed by atoms with Gasteiger partial charge in [0.25, 0.3) is 0 Å². The Morgan fingerprint density at radius 2 is 2.14 bits per heavy atom. The summed E-state index contributed by atoms with van der Waals surface area (Å²) in [5.41, 5.74) is 0.675. The standard InChI is InChI=1S/C17H20O5/c1-3-4-5-14(15-10-11(2)17(20)22-15)21-13-8-6-12(7-9-13)16(18)19/h6-9,14-15H,2-5,10H2,1H3,(H,18,19). The van der Waals surface area contributed by atoms with E-state index < -0.39 is 5.97 Å². The molecule has 1 aromatic carbocycles. The van der Waals surface area contributed by atoms with Gasteiger partial charge in [-0.25, -0.2) is 9.59 Å². The third-order valence-electron chi connectivity index (χ3n) is 3.64. The number of hydrogen-bond acceptors (Lipinski definition) is 4. The maximum absolute atomic E-state index is 11.5. The van der Waals surface area contributed by atoms with E-state index in [9.17, 15) is 9.59 Å². The van der Waals surface area contributed by atoms with Crippen molar-refractivity contribution in [3.8, 4) is 5.75 Å². The first-order valence-electron chi connectivity index (χ1n) is 7.40. The Kier molecular flexibility index (Phi) is 5.20. The van der Waals surface area contributed by atoms with Crippen molar-refractivity contribution in [2.45, 2.75) is 44.8 Å². The minimum absolute atomic E-state index is 0.207. The molecule has 118 valence electrons. The molecule has 0 spiro atoms. The van der Waals surface area contributed by atoms with Crippen LogP contribution in [0.15, 0.2) is 36.4 Å². The molecule has 1 aromatic rings. The number of benzene rings is 1. The van der Waals surface area contributed by atoms with Crippen LogP contribution in [0.1, 0.15) is 43.0 Å². The van der Waals surface area contributed by atoms with Gasteiger partial charge < -0.3 is 14.6 Å². The third kappa shape index (κ3) is 3.87. The van der Waals surface area contributed by atoms with E-state index in [0.29, 0.717) is 17.7 Å². The third-order valence-corrected chi connectivity index (χ3v) is 3.64. The van der Waals surface area contributed by atoms with Crippen molar-refractivity contribution >= 4 is 11.9 Å². The lowest BCUT2D eigenvalue weighted by atomic mass is 10.0. The quantitative estimate of drug-likeness (QED) is 0.618. The van der Waals surface area contributed by atoms with E-state index in [0.717, 1.165) is 19.3 Å². The zero-order valence-electron chi connectivity index (χ0n) is 12.6. The average Bonchev–Trinajstić information content (AvgIpc) is 2.83. The van der Waals surface area contributed by atoms with Crippen LogP contribution in [0.25, 0.3) is 0 Å². The fraction of sp³-hybridized carbons (Fsp3) is 0.412. The molecule has 0 saturated carbocycles. The SMILES string of the molecule is C=C1CC(C(CCCC)Oc2ccc(C(=O)O)cc2)OC1=O. The topological polar surface area (TPSA) is 72.8 Å². The van der Waals surface area contributed by atoms with Gasteiger partial charge in [-0.2, -0.15) is 0 Å². The minimum Gasteiger partial charge on any atom is -0.487 e. The molecular formula is C17H20O5. The van der Waals surface area contributed by atoms with Crippen molar-refractivity contribution in [2.75, 3.05) is 0 Å². The summed E-state index contributed by atoms with van der Waals surface area (Å²) < 4.78 is 11.2. The van der Waals surface area contributed by atoms with Gasteiger partial charge in [-0.3, -0.25) is 0 Å². The number of esters is 1. The van der Waals surface area contributed by atoms with Crippen molar-refractivity contribution < 1.29 is 24.2 Å². The summed E-state index contributed by atoms with van der Waals surface area (Å²) in [6.07, 6.45) is 2.63. The number of unbranched alkanes of at least 4 members (excludes halogenated alkanes) is 1. The Morgan fingerprint density at radius 1 is 1.45 bits per heavy atom. The predicted molar refractivity (Wildman–Crippen MR) is 81.0 cm³/mol. The smallest absolute Gasteiger partial charge is 0.335 e. The van der Waals surface area contributed by atoms with Crippen LogP contribution in [-0.2, 0) is 9.53 Å². The van der Waals surface area contributed by atoms with Crippen molar-refractivity contribution in [1.82, 2.24) is 0 Å². The molecule has 0 bridgehead atoms. The first-order chi connectivity index (χ1) is 10.5. The highest BCUT2D eigenvalue weighted by Crippen LogP contribution is 2.27. The van der Waals surface area contributed by atoms with Gasteiger partial charge in [0.05, 0.1) is 5.56 Å². The maximum atomic E-state index is 11.5. The van der Waals surface area contributed by atoms with Crippen LogP contribution in [0.2, 0.25) is 0 Å². The van der Waals surface area contributed by atoms with E-state index in [1.807, 2.05) is 0 Å². The van der Waals surface area contributed by atoms with Crippen LogP contribution in [0.3, 0.4) is 0 Å². The van der Waals surface area contributed by atoms with E-state index in [-0.39, 0.29) is 23.7 Å². The number of ether oxygens (including phenoxy) is 2. The number of cyclic esters (lactones) is 1. The Hall–Kier alpha value is -2.30. The van der Waals surface area contributed by atoms with Gasteiger partial charge >= 0.3 is 11.9 Å². The highest BCUT2D eigenvalue weighted by Gasteiger charge is 2.34. The molecule has 22 heavy (non-hydrogen) atoms. The van der Waals surface area contributed by atoms with Crippen LogP contribution in [0.5, 0.6) is 5.75 Å². The monoisotopic (exact) mass is 304 g/mol. The highest BCUT2D eigenvalue weighted by molar-refractivity contribution is 5.90. The van der Waals surface area contributed by atoms with Crippen LogP contribution in [0, 0.1) is 0 Å². The van der Waals surface area contributed by atoms with Crippen LogP contribution in [-0.4, -0.2) is 29.3 Å². The Morgan fingerprint density at radius 3 is 2.64 bits per heavy atom. The number of carbonyl (C=O) groups is 2. The summed E-state index contributed by atoms with van der Waals surface area (Å²) in [7, 11) is 0. The molecule has 0 aliphatic carbocycles. The van der Waals surface area contributed by atoms with Crippen LogP contribution >= 0.6 is 0 Å². The van der Waals surface area contributed by atoms with Gasteiger partial charge in [-0.05, 0) is 37.1 Å². The average molecular weight is 304 g/mol. The lowest BCUT2D eigenvalue weighted by molar-refractivity contribution is -0.142. The summed E-state index contributed by atoms with van der Waals surface area (Å²) in [6.45, 7) is 5.77. The van der Waals surface area contributed by atoms with E-state index in [1.54, 1.807) is 12.1 Å². The molecule has 2 rings (SSSR count). The van der Waals surface area contributed by atoms with Crippen molar-refractivity contribution in [3.05, 3.63) is 42.0 Å². The Bertz CT molecular complexity index is 545. The molecule has 2 unspecified atom stereocenters. The molecule has 0 radical (unpaired) electrons. The number of carboxylic acids is 1. The first kappa shape index (κ1) is 16.1. The number of rotatable bonds is 7. The molecule has 0 amide bonds. The zero-order chi connectivity index (χ0) is 16.1. The molecule has 5 nitrogen and oxygen atoms in total. The van der Waals surface area contributed by atoms with E-state index >= 15 is 0 Å². The minimum atomic E-state index is -0.977. The molecule has 2 atom stereocenters. The summed E-state index contributed by atoms with van der Waals surface area (Å²) in [4.78, 5) is 22.3. The molecule has 1 heterocycles. The second-order valence-corrected chi connectivity index (χ2v) is 5.38. The molecule has 1 N–H and O–H groups in total. The van der Waals surface area contributed by atoms with E-state index in [4.69, 9.17) is 14.6 Å². The number of carboxylic acid groups (broad SMARTS) is 1. The summed E-state index contributed by atoms with van der Waals surface area (Å²) in [5, 5.41) is 8.90.